The SMILES string of the molecule is CN1CCN(C(=O)c2cc3ccc(Cl)cc3[nH]2)Cc2ccccc21. The zero-order chi connectivity index (χ0) is 16.7. The van der Waals surface area contributed by atoms with Gasteiger partial charge in [-0.3, -0.25) is 4.79 Å². The molecule has 2 aromatic carbocycles. The van der Waals surface area contributed by atoms with Gasteiger partial charge in [0.25, 0.3) is 5.91 Å². The maximum atomic E-state index is 13.0. The lowest BCUT2D eigenvalue weighted by molar-refractivity contribution is 0.0747. The molecule has 0 unspecified atom stereocenters. The smallest absolute Gasteiger partial charge is 0.270 e. The second-order valence-electron chi connectivity index (χ2n) is 6.19. The van der Waals surface area contributed by atoms with Gasteiger partial charge in [0.2, 0.25) is 0 Å². The van der Waals surface area contributed by atoms with Gasteiger partial charge in [-0.2, -0.15) is 0 Å². The number of rotatable bonds is 1. The van der Waals surface area contributed by atoms with Crippen molar-refractivity contribution in [2.75, 3.05) is 25.0 Å². The fraction of sp³-hybridized carbons (Fsp3) is 0.211. The number of H-pyrrole nitrogens is 1. The Morgan fingerprint density at radius 1 is 1.12 bits per heavy atom. The molecule has 5 heteroatoms. The van der Waals surface area contributed by atoms with E-state index in [2.05, 4.69) is 29.1 Å². The van der Waals surface area contributed by atoms with Crippen molar-refractivity contribution in [2.24, 2.45) is 0 Å². The van der Waals surface area contributed by atoms with Crippen molar-refractivity contribution in [1.82, 2.24) is 9.88 Å². The molecule has 4 rings (SSSR count). The number of carbonyl (C=O) groups excluding carboxylic acids is 1. The van der Waals surface area contributed by atoms with Gasteiger partial charge in [-0.1, -0.05) is 35.9 Å². The van der Waals surface area contributed by atoms with E-state index in [-0.39, 0.29) is 5.91 Å². The van der Waals surface area contributed by atoms with Gasteiger partial charge in [-0.25, -0.2) is 0 Å². The molecular weight excluding hydrogens is 322 g/mol. The molecule has 1 aliphatic heterocycles. The summed E-state index contributed by atoms with van der Waals surface area (Å²) in [6.07, 6.45) is 0. The molecule has 2 heterocycles. The molecule has 0 fully saturated rings. The average molecular weight is 340 g/mol. The third kappa shape index (κ3) is 2.63. The van der Waals surface area contributed by atoms with Gasteiger partial charge in [-0.05, 0) is 29.8 Å². The van der Waals surface area contributed by atoms with E-state index < -0.39 is 0 Å². The van der Waals surface area contributed by atoms with Gasteiger partial charge in [0.1, 0.15) is 5.69 Å². The second kappa shape index (κ2) is 5.87. The van der Waals surface area contributed by atoms with Crippen molar-refractivity contribution in [1.29, 1.82) is 0 Å². The number of carbonyl (C=O) groups is 1. The van der Waals surface area contributed by atoms with Crippen LogP contribution in [0.3, 0.4) is 0 Å². The van der Waals surface area contributed by atoms with E-state index in [4.69, 9.17) is 11.6 Å². The number of nitrogens with one attached hydrogen (secondary N) is 1. The first-order valence-corrected chi connectivity index (χ1v) is 8.36. The van der Waals surface area contributed by atoms with Crippen molar-refractivity contribution in [3.8, 4) is 0 Å². The minimum absolute atomic E-state index is 0.0208. The zero-order valence-electron chi connectivity index (χ0n) is 13.4. The second-order valence-corrected chi connectivity index (χ2v) is 6.63. The third-order valence-electron chi connectivity index (χ3n) is 4.57. The first-order valence-electron chi connectivity index (χ1n) is 7.98. The summed E-state index contributed by atoms with van der Waals surface area (Å²) in [5.74, 6) is 0.0208. The van der Waals surface area contributed by atoms with Gasteiger partial charge >= 0.3 is 0 Å². The number of anilines is 1. The largest absolute Gasteiger partial charge is 0.373 e. The summed E-state index contributed by atoms with van der Waals surface area (Å²) >= 11 is 6.03. The minimum Gasteiger partial charge on any atom is -0.373 e. The lowest BCUT2D eigenvalue weighted by atomic mass is 10.1. The molecule has 0 bridgehead atoms. The number of aromatic nitrogens is 1. The summed E-state index contributed by atoms with van der Waals surface area (Å²) in [5, 5.41) is 1.66. The molecule has 4 nitrogen and oxygen atoms in total. The topological polar surface area (TPSA) is 39.3 Å². The molecule has 0 saturated carbocycles. The summed E-state index contributed by atoms with van der Waals surface area (Å²) in [6.45, 7) is 2.13. The number of amides is 1. The van der Waals surface area contributed by atoms with Crippen LogP contribution >= 0.6 is 11.6 Å². The number of aromatic amines is 1. The highest BCUT2D eigenvalue weighted by molar-refractivity contribution is 6.31. The molecule has 0 aliphatic carbocycles. The minimum atomic E-state index is 0.0208. The highest BCUT2D eigenvalue weighted by Crippen LogP contribution is 2.25. The van der Waals surface area contributed by atoms with Crippen LogP contribution in [0.15, 0.2) is 48.5 Å². The van der Waals surface area contributed by atoms with Crippen molar-refractivity contribution < 1.29 is 4.79 Å². The summed E-state index contributed by atoms with van der Waals surface area (Å²) in [6, 6.07) is 15.8. The molecule has 0 saturated heterocycles. The number of hydrogen-bond donors (Lipinski definition) is 1. The Morgan fingerprint density at radius 2 is 1.96 bits per heavy atom. The Balaban J connectivity index is 1.66. The first-order chi connectivity index (χ1) is 11.6. The highest BCUT2D eigenvalue weighted by Gasteiger charge is 2.23. The summed E-state index contributed by atoms with van der Waals surface area (Å²) in [4.78, 5) is 20.3. The number of hydrogen-bond acceptors (Lipinski definition) is 2. The predicted molar refractivity (Wildman–Crippen MR) is 97.8 cm³/mol. The molecule has 24 heavy (non-hydrogen) atoms. The monoisotopic (exact) mass is 339 g/mol. The van der Waals surface area contributed by atoms with Crippen LogP contribution in [-0.2, 0) is 6.54 Å². The van der Waals surface area contributed by atoms with E-state index in [9.17, 15) is 4.79 Å². The fourth-order valence-electron chi connectivity index (χ4n) is 3.25. The van der Waals surface area contributed by atoms with Crippen LogP contribution in [0.4, 0.5) is 5.69 Å². The quantitative estimate of drug-likeness (QED) is 0.730. The molecule has 1 amide bonds. The molecule has 0 spiro atoms. The van der Waals surface area contributed by atoms with Gasteiger partial charge in [0.15, 0.2) is 0 Å². The third-order valence-corrected chi connectivity index (χ3v) is 4.81. The van der Waals surface area contributed by atoms with E-state index in [0.29, 0.717) is 23.8 Å². The van der Waals surface area contributed by atoms with Gasteiger partial charge in [0.05, 0.1) is 0 Å². The first kappa shape index (κ1) is 15.1. The van der Waals surface area contributed by atoms with Crippen molar-refractivity contribution in [3.05, 3.63) is 64.8 Å². The number of fused-ring (bicyclic) bond motifs is 2. The van der Waals surface area contributed by atoms with Crippen molar-refractivity contribution in [3.63, 3.8) is 0 Å². The molecule has 1 aromatic heterocycles. The summed E-state index contributed by atoms with van der Waals surface area (Å²) in [5.41, 5.74) is 3.86. The number of para-hydroxylation sites is 1. The molecule has 0 radical (unpaired) electrons. The Bertz CT molecular complexity index is 918. The zero-order valence-corrected chi connectivity index (χ0v) is 14.2. The van der Waals surface area contributed by atoms with E-state index in [1.54, 1.807) is 0 Å². The molecule has 122 valence electrons. The van der Waals surface area contributed by atoms with Crippen LogP contribution in [0.5, 0.6) is 0 Å². The number of benzene rings is 2. The number of nitrogens with zero attached hydrogens (tertiary/aromatic N) is 2. The number of halogens is 1. The Morgan fingerprint density at radius 3 is 2.83 bits per heavy atom. The Labute approximate surface area is 145 Å². The van der Waals surface area contributed by atoms with Crippen LogP contribution in [0, 0.1) is 0 Å². The van der Waals surface area contributed by atoms with E-state index in [0.717, 1.165) is 17.4 Å². The normalized spacial score (nSPS) is 14.6. The summed E-state index contributed by atoms with van der Waals surface area (Å²) in [7, 11) is 2.07. The van der Waals surface area contributed by atoms with E-state index in [1.165, 1.54) is 11.3 Å². The van der Waals surface area contributed by atoms with Crippen LogP contribution in [0.2, 0.25) is 5.02 Å². The van der Waals surface area contributed by atoms with Crippen LogP contribution < -0.4 is 4.90 Å². The summed E-state index contributed by atoms with van der Waals surface area (Å²) < 4.78 is 0. The molecule has 3 aromatic rings. The Hall–Kier alpha value is -2.46. The van der Waals surface area contributed by atoms with Gasteiger partial charge in [0, 0.05) is 48.3 Å². The van der Waals surface area contributed by atoms with Gasteiger partial charge in [-0.15, -0.1) is 0 Å². The highest BCUT2D eigenvalue weighted by atomic mass is 35.5. The molecule has 1 N–H and O–H groups in total. The average Bonchev–Trinajstić information content (AvgIpc) is 2.93. The van der Waals surface area contributed by atoms with E-state index >= 15 is 0 Å². The molecule has 0 atom stereocenters. The van der Waals surface area contributed by atoms with Gasteiger partial charge < -0.3 is 14.8 Å². The van der Waals surface area contributed by atoms with Crippen LogP contribution in [0.25, 0.3) is 10.9 Å². The standard InChI is InChI=1S/C19H18ClN3O/c1-22-8-9-23(12-14-4-2-3-5-18(14)22)19(24)17-10-13-6-7-15(20)11-16(13)21-17/h2-7,10-11,21H,8-9,12H2,1H3. The van der Waals surface area contributed by atoms with Crippen molar-refractivity contribution in [2.45, 2.75) is 6.54 Å². The predicted octanol–water partition coefficient (Wildman–Crippen LogP) is 3.91. The van der Waals surface area contributed by atoms with E-state index in [1.807, 2.05) is 41.3 Å². The molecular formula is C19H18ClN3O. The Kier molecular flexibility index (Phi) is 3.69. The number of likely N-dealkylation sites (N-methyl/N-ethyl adjacent to an activating group) is 1. The maximum Gasteiger partial charge on any atom is 0.270 e. The lowest BCUT2D eigenvalue weighted by Crippen LogP contribution is -2.34. The molecule has 1 aliphatic rings. The fourth-order valence-corrected chi connectivity index (χ4v) is 3.42. The maximum absolute atomic E-state index is 13.0. The lowest BCUT2D eigenvalue weighted by Gasteiger charge is -2.20. The van der Waals surface area contributed by atoms with Crippen LogP contribution in [0.1, 0.15) is 16.1 Å². The van der Waals surface area contributed by atoms with Crippen molar-refractivity contribution >= 4 is 34.1 Å². The van der Waals surface area contributed by atoms with Crippen LogP contribution in [-0.4, -0.2) is 35.9 Å².